The van der Waals surface area contributed by atoms with Crippen molar-refractivity contribution in [2.24, 2.45) is 0 Å². The molecule has 2 heterocycles. The van der Waals surface area contributed by atoms with Gasteiger partial charge in [0.15, 0.2) is 11.5 Å². The summed E-state index contributed by atoms with van der Waals surface area (Å²) in [5.74, 6) is 1.32. The van der Waals surface area contributed by atoms with Crippen LogP contribution in [0, 0.1) is 13.8 Å². The number of tetrazole rings is 1. The van der Waals surface area contributed by atoms with Gasteiger partial charge in [0.1, 0.15) is 12.6 Å². The number of aromatic nitrogens is 4. The molecule has 1 atom stereocenters. The molecule has 0 fully saturated rings. The zero-order valence-electron chi connectivity index (χ0n) is 22.2. The molecule has 0 bridgehead atoms. The van der Waals surface area contributed by atoms with E-state index < -0.39 is 6.04 Å². The van der Waals surface area contributed by atoms with E-state index in [0.29, 0.717) is 46.4 Å². The molecule has 10 heteroatoms. The minimum Gasteiger partial charge on any atom is -0.490 e. The van der Waals surface area contributed by atoms with Gasteiger partial charge in [0.2, 0.25) is 5.95 Å². The summed E-state index contributed by atoms with van der Waals surface area (Å²) in [6, 6.07) is 19.0. The molecule has 1 aliphatic rings. The first-order chi connectivity index (χ1) is 18.9. The highest BCUT2D eigenvalue weighted by Crippen LogP contribution is 2.43. The number of halogens is 1. The van der Waals surface area contributed by atoms with Crippen LogP contribution in [0.3, 0.4) is 0 Å². The predicted octanol–water partition coefficient (Wildman–Crippen LogP) is 5.96. The number of hydrogen-bond acceptors (Lipinski definition) is 7. The van der Waals surface area contributed by atoms with Crippen molar-refractivity contribution >= 4 is 33.5 Å². The second-order valence-electron chi connectivity index (χ2n) is 9.32. The van der Waals surface area contributed by atoms with Gasteiger partial charge in [-0.25, -0.2) is 0 Å². The fourth-order valence-corrected chi connectivity index (χ4v) is 5.21. The van der Waals surface area contributed by atoms with E-state index in [0.717, 1.165) is 27.9 Å². The van der Waals surface area contributed by atoms with Crippen molar-refractivity contribution in [1.29, 1.82) is 0 Å². The van der Waals surface area contributed by atoms with Gasteiger partial charge in [-0.05, 0) is 88.9 Å². The summed E-state index contributed by atoms with van der Waals surface area (Å²) < 4.78 is 14.5. The summed E-state index contributed by atoms with van der Waals surface area (Å²) in [7, 11) is 0. The van der Waals surface area contributed by atoms with Gasteiger partial charge in [0, 0.05) is 11.4 Å². The van der Waals surface area contributed by atoms with Gasteiger partial charge in [-0.2, -0.15) is 4.68 Å². The van der Waals surface area contributed by atoms with Crippen molar-refractivity contribution in [2.75, 3.05) is 17.2 Å². The molecule has 1 unspecified atom stereocenters. The Bertz CT molecular complexity index is 1550. The molecule has 0 saturated heterocycles. The molecule has 1 aliphatic heterocycles. The van der Waals surface area contributed by atoms with Gasteiger partial charge in [0.25, 0.3) is 5.91 Å². The highest BCUT2D eigenvalue weighted by molar-refractivity contribution is 9.10. The lowest BCUT2D eigenvalue weighted by Crippen LogP contribution is -2.31. The van der Waals surface area contributed by atoms with Gasteiger partial charge < -0.3 is 20.1 Å². The molecule has 0 spiro atoms. The second-order valence-corrected chi connectivity index (χ2v) is 10.2. The molecule has 39 heavy (non-hydrogen) atoms. The maximum Gasteiger partial charge on any atom is 0.255 e. The van der Waals surface area contributed by atoms with Gasteiger partial charge in [-0.3, -0.25) is 4.79 Å². The zero-order valence-corrected chi connectivity index (χ0v) is 23.7. The second kappa shape index (κ2) is 11.3. The first kappa shape index (κ1) is 26.4. The number of carbonyl (C=O) groups is 1. The summed E-state index contributed by atoms with van der Waals surface area (Å²) in [6.07, 6.45) is 0. The van der Waals surface area contributed by atoms with Gasteiger partial charge >= 0.3 is 0 Å². The lowest BCUT2D eigenvalue weighted by molar-refractivity contribution is -0.113. The maximum absolute atomic E-state index is 13.8. The van der Waals surface area contributed by atoms with E-state index in [9.17, 15) is 4.79 Å². The molecule has 1 amide bonds. The standard InChI is InChI=1S/C29H29BrN6O3/c1-5-38-24-15-21(14-22(30)27(24)39-16-20-9-7-6-8-10-20)26-25(19(4)31-29-33-34-35-36(26)29)28(37)32-23-12-11-17(2)13-18(23)3/h6-15,26H,5,16H2,1-4H3,(H,32,37)(H,31,33,35). The van der Waals surface area contributed by atoms with E-state index in [2.05, 4.69) is 42.1 Å². The average Bonchev–Trinajstić information content (AvgIpc) is 3.37. The Kier molecular flexibility index (Phi) is 7.65. The van der Waals surface area contributed by atoms with E-state index >= 15 is 0 Å². The quantitative estimate of drug-likeness (QED) is 0.262. The number of nitrogens with one attached hydrogen (secondary N) is 2. The molecule has 0 saturated carbocycles. The normalized spacial score (nSPS) is 14.4. The van der Waals surface area contributed by atoms with E-state index in [1.54, 1.807) is 4.68 Å². The van der Waals surface area contributed by atoms with Crippen LogP contribution in [-0.2, 0) is 11.4 Å². The Hall–Kier alpha value is -4.18. The first-order valence-electron chi connectivity index (χ1n) is 12.6. The molecule has 0 radical (unpaired) electrons. The molecule has 1 aromatic heterocycles. The number of rotatable bonds is 8. The van der Waals surface area contributed by atoms with Crippen molar-refractivity contribution < 1.29 is 14.3 Å². The van der Waals surface area contributed by atoms with Gasteiger partial charge in [-0.1, -0.05) is 53.1 Å². The highest BCUT2D eigenvalue weighted by Gasteiger charge is 2.35. The van der Waals surface area contributed by atoms with Crippen LogP contribution in [0.25, 0.3) is 0 Å². The number of nitrogens with zero attached hydrogens (tertiary/aromatic N) is 4. The monoisotopic (exact) mass is 588 g/mol. The molecule has 2 N–H and O–H groups in total. The Morgan fingerprint density at radius 2 is 1.87 bits per heavy atom. The number of fused-ring (bicyclic) bond motifs is 1. The number of hydrogen-bond donors (Lipinski definition) is 2. The van der Waals surface area contributed by atoms with Crippen molar-refractivity contribution in [3.63, 3.8) is 0 Å². The van der Waals surface area contributed by atoms with Crippen LogP contribution in [0.15, 0.2) is 76.4 Å². The summed E-state index contributed by atoms with van der Waals surface area (Å²) in [4.78, 5) is 13.8. The minimum atomic E-state index is -0.610. The third-order valence-electron chi connectivity index (χ3n) is 6.46. The lowest BCUT2D eigenvalue weighted by Gasteiger charge is -2.29. The van der Waals surface area contributed by atoms with Gasteiger partial charge in [-0.15, -0.1) is 0 Å². The number of benzene rings is 3. The third-order valence-corrected chi connectivity index (χ3v) is 7.05. The fraction of sp³-hybridized carbons (Fsp3) is 0.241. The van der Waals surface area contributed by atoms with Crippen molar-refractivity contribution in [3.8, 4) is 11.5 Å². The molecule has 0 aliphatic carbocycles. The number of amides is 1. The largest absolute Gasteiger partial charge is 0.490 e. The SMILES string of the molecule is CCOc1cc(C2C(C(=O)Nc3ccc(C)cc3C)=C(C)Nc3nnnn32)cc(Br)c1OCc1ccccc1. The number of ether oxygens (including phenoxy) is 2. The first-order valence-corrected chi connectivity index (χ1v) is 13.4. The van der Waals surface area contributed by atoms with Gasteiger partial charge in [0.05, 0.1) is 16.7 Å². The van der Waals surface area contributed by atoms with Crippen LogP contribution in [0.2, 0.25) is 0 Å². The Morgan fingerprint density at radius 3 is 2.62 bits per heavy atom. The van der Waals surface area contributed by atoms with Crippen LogP contribution in [-0.4, -0.2) is 32.7 Å². The van der Waals surface area contributed by atoms with Crippen molar-refractivity contribution in [3.05, 3.63) is 98.7 Å². The predicted molar refractivity (Wildman–Crippen MR) is 153 cm³/mol. The topological polar surface area (TPSA) is 103 Å². The van der Waals surface area contributed by atoms with Crippen LogP contribution in [0.4, 0.5) is 11.6 Å². The van der Waals surface area contributed by atoms with E-state index in [-0.39, 0.29) is 5.91 Å². The average molecular weight is 589 g/mol. The molecule has 4 aromatic rings. The summed E-state index contributed by atoms with van der Waals surface area (Å²) in [6.45, 7) is 8.57. The molecule has 3 aromatic carbocycles. The zero-order chi connectivity index (χ0) is 27.5. The van der Waals surface area contributed by atoms with Crippen LogP contribution < -0.4 is 20.1 Å². The summed E-state index contributed by atoms with van der Waals surface area (Å²) in [5.41, 5.74) is 5.79. The summed E-state index contributed by atoms with van der Waals surface area (Å²) >= 11 is 3.68. The van der Waals surface area contributed by atoms with Crippen LogP contribution in [0.1, 0.15) is 42.1 Å². The molecule has 9 nitrogen and oxygen atoms in total. The number of anilines is 2. The summed E-state index contributed by atoms with van der Waals surface area (Å²) in [5, 5.41) is 18.4. The highest BCUT2D eigenvalue weighted by atomic mass is 79.9. The minimum absolute atomic E-state index is 0.253. The Balaban J connectivity index is 1.54. The fourth-order valence-electron chi connectivity index (χ4n) is 4.64. The molecular weight excluding hydrogens is 560 g/mol. The van der Waals surface area contributed by atoms with E-state index in [4.69, 9.17) is 9.47 Å². The van der Waals surface area contributed by atoms with Crippen molar-refractivity contribution in [1.82, 2.24) is 20.2 Å². The number of allylic oxidation sites excluding steroid dienone is 1. The third kappa shape index (κ3) is 5.51. The van der Waals surface area contributed by atoms with Crippen LogP contribution in [0.5, 0.6) is 11.5 Å². The maximum atomic E-state index is 13.8. The number of aryl methyl sites for hydroxylation is 2. The molecule has 5 rings (SSSR count). The van der Waals surface area contributed by atoms with Crippen molar-refractivity contribution in [2.45, 2.75) is 40.3 Å². The molecule has 200 valence electrons. The molecular formula is C29H29BrN6O3. The van der Waals surface area contributed by atoms with E-state index in [1.807, 2.05) is 88.4 Å². The Labute approximate surface area is 235 Å². The van der Waals surface area contributed by atoms with Crippen LogP contribution >= 0.6 is 15.9 Å². The van der Waals surface area contributed by atoms with E-state index in [1.165, 1.54) is 0 Å². The number of carbonyl (C=O) groups excluding carboxylic acids is 1. The lowest BCUT2D eigenvalue weighted by atomic mass is 9.94. The smallest absolute Gasteiger partial charge is 0.255 e. The Morgan fingerprint density at radius 1 is 1.08 bits per heavy atom.